The predicted molar refractivity (Wildman–Crippen MR) is 109 cm³/mol. The summed E-state index contributed by atoms with van der Waals surface area (Å²) in [6.45, 7) is 4.60. The van der Waals surface area contributed by atoms with Crippen LogP contribution in [-0.2, 0) is 12.3 Å². The molecular weight excluding hydrogens is 394 g/mol. The lowest BCUT2D eigenvalue weighted by Gasteiger charge is -2.08. The number of thioether (sulfide) groups is 1. The van der Waals surface area contributed by atoms with Gasteiger partial charge in [0.2, 0.25) is 0 Å². The fourth-order valence-corrected chi connectivity index (χ4v) is 5.12. The molecule has 0 bridgehead atoms. The summed E-state index contributed by atoms with van der Waals surface area (Å²) in [4.78, 5) is 22.0. The fourth-order valence-electron chi connectivity index (χ4n) is 3.26. The lowest BCUT2D eigenvalue weighted by Crippen LogP contribution is -2.11. The number of furan rings is 1. The highest BCUT2D eigenvalue weighted by molar-refractivity contribution is 7.98. The molecule has 144 valence electrons. The first-order chi connectivity index (χ1) is 13.6. The van der Waals surface area contributed by atoms with Gasteiger partial charge in [-0.05, 0) is 44.4 Å². The lowest BCUT2D eigenvalue weighted by molar-refractivity contribution is 0.478. The molecule has 28 heavy (non-hydrogen) atoms. The maximum absolute atomic E-state index is 12.5. The summed E-state index contributed by atoms with van der Waals surface area (Å²) in [5.41, 5.74) is 0.943. The van der Waals surface area contributed by atoms with Crippen LogP contribution in [0.5, 0.6) is 0 Å². The SMILES string of the molecule is Cc1sc2nc(CSc3nnc(C4CC4)n3Cc3ccco3)[nH]c(=O)c2c1C. The van der Waals surface area contributed by atoms with Crippen LogP contribution in [0.2, 0.25) is 0 Å². The van der Waals surface area contributed by atoms with Crippen LogP contribution < -0.4 is 5.56 Å². The Hall–Kier alpha value is -2.39. The van der Waals surface area contributed by atoms with Crippen LogP contribution in [-0.4, -0.2) is 24.7 Å². The van der Waals surface area contributed by atoms with Crippen molar-refractivity contribution in [2.45, 2.75) is 50.1 Å². The first-order valence-corrected chi connectivity index (χ1v) is 11.0. The molecule has 0 amide bonds. The number of H-pyrrole nitrogens is 1. The predicted octanol–water partition coefficient (Wildman–Crippen LogP) is 4.00. The first kappa shape index (κ1) is 17.7. The Morgan fingerprint density at radius 3 is 2.96 bits per heavy atom. The third-order valence-electron chi connectivity index (χ3n) is 5.01. The van der Waals surface area contributed by atoms with Gasteiger partial charge in [-0.25, -0.2) is 4.98 Å². The molecule has 5 rings (SSSR count). The molecule has 1 fully saturated rings. The van der Waals surface area contributed by atoms with E-state index in [0.29, 0.717) is 29.4 Å². The van der Waals surface area contributed by atoms with Crippen molar-refractivity contribution in [3.63, 3.8) is 0 Å². The van der Waals surface area contributed by atoms with Gasteiger partial charge >= 0.3 is 0 Å². The Kier molecular flexibility index (Phi) is 4.36. The lowest BCUT2D eigenvalue weighted by atomic mass is 10.2. The third-order valence-corrected chi connectivity index (χ3v) is 7.09. The Labute approximate surface area is 169 Å². The summed E-state index contributed by atoms with van der Waals surface area (Å²) in [6.07, 6.45) is 3.99. The smallest absolute Gasteiger partial charge is 0.259 e. The summed E-state index contributed by atoms with van der Waals surface area (Å²) < 4.78 is 7.64. The van der Waals surface area contributed by atoms with Gasteiger partial charge in [-0.2, -0.15) is 0 Å². The van der Waals surface area contributed by atoms with Crippen LogP contribution in [0, 0.1) is 13.8 Å². The second kappa shape index (κ2) is 6.89. The van der Waals surface area contributed by atoms with E-state index in [1.165, 1.54) is 11.8 Å². The summed E-state index contributed by atoms with van der Waals surface area (Å²) >= 11 is 3.10. The zero-order valence-corrected chi connectivity index (χ0v) is 17.2. The van der Waals surface area contributed by atoms with Gasteiger partial charge in [0.05, 0.1) is 23.9 Å². The molecular formula is C19H19N5O2S2. The average Bonchev–Trinajstić information content (AvgIpc) is 3.10. The molecule has 1 saturated carbocycles. The number of aryl methyl sites for hydroxylation is 2. The summed E-state index contributed by atoms with van der Waals surface area (Å²) in [5, 5.41) is 10.3. The van der Waals surface area contributed by atoms with Gasteiger partial charge in [0.25, 0.3) is 5.56 Å². The van der Waals surface area contributed by atoms with E-state index in [1.807, 2.05) is 26.0 Å². The van der Waals surface area contributed by atoms with Gasteiger partial charge in [-0.3, -0.25) is 9.36 Å². The summed E-state index contributed by atoms with van der Waals surface area (Å²) in [7, 11) is 0. The minimum Gasteiger partial charge on any atom is -0.467 e. The molecule has 0 radical (unpaired) electrons. The largest absolute Gasteiger partial charge is 0.467 e. The van der Waals surface area contributed by atoms with Gasteiger partial charge < -0.3 is 9.40 Å². The van der Waals surface area contributed by atoms with Crippen molar-refractivity contribution < 1.29 is 4.42 Å². The Bertz CT molecular complexity index is 1200. The molecule has 1 N–H and O–H groups in total. The van der Waals surface area contributed by atoms with Crippen molar-refractivity contribution >= 4 is 33.3 Å². The maximum Gasteiger partial charge on any atom is 0.259 e. The fraction of sp³-hybridized carbons (Fsp3) is 0.368. The molecule has 1 aliphatic carbocycles. The molecule has 4 heterocycles. The zero-order chi connectivity index (χ0) is 19.3. The minimum absolute atomic E-state index is 0.0711. The number of nitrogens with zero attached hydrogens (tertiary/aromatic N) is 4. The Balaban J connectivity index is 1.42. The summed E-state index contributed by atoms with van der Waals surface area (Å²) in [5.74, 6) is 3.57. The second-order valence-corrected chi connectivity index (χ2v) is 9.19. The first-order valence-electron chi connectivity index (χ1n) is 9.17. The highest BCUT2D eigenvalue weighted by Crippen LogP contribution is 2.40. The van der Waals surface area contributed by atoms with Crippen molar-refractivity contribution in [1.82, 2.24) is 24.7 Å². The van der Waals surface area contributed by atoms with E-state index in [-0.39, 0.29) is 5.56 Å². The zero-order valence-electron chi connectivity index (χ0n) is 15.6. The molecule has 7 nitrogen and oxygen atoms in total. The molecule has 0 aliphatic heterocycles. The standard InChI is InChI=1S/C19H19N5O2S2/c1-10-11(2)28-18-15(10)17(25)20-14(21-18)9-27-19-23-22-16(12-5-6-12)24(19)8-13-4-3-7-26-13/h3-4,7,12H,5-6,8-9H2,1-2H3,(H,20,21,25). The molecule has 0 aromatic carbocycles. The van der Waals surface area contributed by atoms with Crippen LogP contribution >= 0.6 is 23.1 Å². The van der Waals surface area contributed by atoms with Gasteiger partial charge in [0, 0.05) is 10.8 Å². The van der Waals surface area contributed by atoms with Crippen molar-refractivity contribution in [3.05, 3.63) is 56.6 Å². The molecule has 4 aromatic rings. The van der Waals surface area contributed by atoms with Crippen LogP contribution in [0.3, 0.4) is 0 Å². The van der Waals surface area contributed by atoms with Gasteiger partial charge in [-0.1, -0.05) is 11.8 Å². The molecule has 1 aliphatic rings. The quantitative estimate of drug-likeness (QED) is 0.481. The number of nitrogens with one attached hydrogen (secondary N) is 1. The highest BCUT2D eigenvalue weighted by atomic mass is 32.2. The monoisotopic (exact) mass is 413 g/mol. The number of aromatic amines is 1. The number of hydrogen-bond acceptors (Lipinski definition) is 7. The molecule has 9 heteroatoms. The van der Waals surface area contributed by atoms with E-state index in [0.717, 1.165) is 44.9 Å². The number of thiophene rings is 1. The van der Waals surface area contributed by atoms with Crippen molar-refractivity contribution in [2.24, 2.45) is 0 Å². The topological polar surface area (TPSA) is 89.6 Å². The minimum atomic E-state index is -0.0711. The Morgan fingerprint density at radius 2 is 2.21 bits per heavy atom. The molecule has 0 saturated heterocycles. The van der Waals surface area contributed by atoms with Crippen molar-refractivity contribution in [2.75, 3.05) is 0 Å². The van der Waals surface area contributed by atoms with E-state index < -0.39 is 0 Å². The Morgan fingerprint density at radius 1 is 1.36 bits per heavy atom. The highest BCUT2D eigenvalue weighted by Gasteiger charge is 2.30. The average molecular weight is 414 g/mol. The molecule has 0 atom stereocenters. The molecule has 0 spiro atoms. The van der Waals surface area contributed by atoms with E-state index in [1.54, 1.807) is 17.6 Å². The van der Waals surface area contributed by atoms with Crippen LogP contribution in [0.4, 0.5) is 0 Å². The van der Waals surface area contributed by atoms with Gasteiger partial charge in [-0.15, -0.1) is 21.5 Å². The maximum atomic E-state index is 12.5. The number of aromatic nitrogens is 5. The van der Waals surface area contributed by atoms with Gasteiger partial charge in [0.1, 0.15) is 22.2 Å². The van der Waals surface area contributed by atoms with E-state index >= 15 is 0 Å². The molecule has 4 aromatic heterocycles. The van der Waals surface area contributed by atoms with Crippen LogP contribution in [0.1, 0.15) is 46.6 Å². The van der Waals surface area contributed by atoms with Gasteiger partial charge in [0.15, 0.2) is 5.16 Å². The number of hydrogen-bond donors (Lipinski definition) is 1. The van der Waals surface area contributed by atoms with Crippen molar-refractivity contribution in [3.8, 4) is 0 Å². The molecule has 0 unspecified atom stereocenters. The van der Waals surface area contributed by atoms with Crippen LogP contribution in [0.25, 0.3) is 10.2 Å². The summed E-state index contributed by atoms with van der Waals surface area (Å²) in [6, 6.07) is 3.84. The second-order valence-electron chi connectivity index (χ2n) is 7.05. The van der Waals surface area contributed by atoms with E-state index in [4.69, 9.17) is 4.42 Å². The van der Waals surface area contributed by atoms with Crippen LogP contribution in [0.15, 0.2) is 32.8 Å². The number of rotatable bonds is 6. The number of fused-ring (bicyclic) bond motifs is 1. The van der Waals surface area contributed by atoms with Crippen molar-refractivity contribution in [1.29, 1.82) is 0 Å². The van der Waals surface area contributed by atoms with E-state index in [9.17, 15) is 4.79 Å². The van der Waals surface area contributed by atoms with E-state index in [2.05, 4.69) is 24.7 Å². The third kappa shape index (κ3) is 3.18. The normalized spacial score (nSPS) is 14.2.